The molecule has 0 saturated heterocycles. The molecule has 0 bridgehead atoms. The summed E-state index contributed by atoms with van der Waals surface area (Å²) in [5.41, 5.74) is 1.67. The van der Waals surface area contributed by atoms with Crippen molar-refractivity contribution in [3.63, 3.8) is 0 Å². The first-order valence-electron chi connectivity index (χ1n) is 9.30. The molecule has 0 saturated carbocycles. The maximum absolute atomic E-state index is 13.1. The summed E-state index contributed by atoms with van der Waals surface area (Å²) in [6.07, 6.45) is 1.67. The van der Waals surface area contributed by atoms with Crippen molar-refractivity contribution >= 4 is 29.0 Å². The molecule has 30 heavy (non-hydrogen) atoms. The highest BCUT2D eigenvalue weighted by molar-refractivity contribution is 6.31. The van der Waals surface area contributed by atoms with Gasteiger partial charge in [-0.25, -0.2) is 4.98 Å². The molecule has 1 N–H and O–H groups in total. The number of hydrogen-bond donors (Lipinski definition) is 1. The Morgan fingerprint density at radius 2 is 2.13 bits per heavy atom. The molecule has 154 valence electrons. The summed E-state index contributed by atoms with van der Waals surface area (Å²) in [4.78, 5) is 18.8. The van der Waals surface area contributed by atoms with Gasteiger partial charge in [0.15, 0.2) is 5.69 Å². The molecule has 1 aromatic carbocycles. The molecule has 0 spiro atoms. The van der Waals surface area contributed by atoms with E-state index in [2.05, 4.69) is 31.7 Å². The Balaban J connectivity index is 1.78. The molecular formula is C20H21ClN8O. The van der Waals surface area contributed by atoms with Crippen LogP contribution in [0.15, 0.2) is 36.7 Å². The van der Waals surface area contributed by atoms with E-state index in [1.54, 1.807) is 28.9 Å². The van der Waals surface area contributed by atoms with E-state index in [-0.39, 0.29) is 30.6 Å². The van der Waals surface area contributed by atoms with E-state index in [9.17, 15) is 4.79 Å². The third kappa shape index (κ3) is 4.72. The molecule has 2 aromatic heterocycles. The van der Waals surface area contributed by atoms with E-state index in [1.165, 1.54) is 11.2 Å². The highest BCUT2D eigenvalue weighted by atomic mass is 35.5. The van der Waals surface area contributed by atoms with Crippen LogP contribution in [0.2, 0.25) is 5.02 Å². The topological polar surface area (TPSA) is 113 Å². The van der Waals surface area contributed by atoms with Gasteiger partial charge in [-0.15, -0.1) is 10.2 Å². The first kappa shape index (κ1) is 21.2. The van der Waals surface area contributed by atoms with E-state index in [0.717, 1.165) is 11.4 Å². The van der Waals surface area contributed by atoms with Crippen LogP contribution in [0.3, 0.4) is 0 Å². The predicted octanol–water partition coefficient (Wildman–Crippen LogP) is 3.30. The first-order chi connectivity index (χ1) is 14.4. The first-order valence-corrected chi connectivity index (χ1v) is 9.67. The lowest BCUT2D eigenvalue weighted by Gasteiger charge is -2.22. The van der Waals surface area contributed by atoms with Gasteiger partial charge in [-0.2, -0.15) is 10.4 Å². The van der Waals surface area contributed by atoms with Gasteiger partial charge in [-0.05, 0) is 49.7 Å². The molecule has 3 rings (SSSR count). The number of anilines is 2. The van der Waals surface area contributed by atoms with Crippen molar-refractivity contribution in [3.8, 4) is 6.07 Å². The molecule has 9 nitrogen and oxygen atoms in total. The molecule has 0 fully saturated rings. The van der Waals surface area contributed by atoms with E-state index >= 15 is 0 Å². The van der Waals surface area contributed by atoms with Gasteiger partial charge in [-0.3, -0.25) is 9.48 Å². The normalized spacial score (nSPS) is 11.6. The molecule has 0 aliphatic carbocycles. The molecule has 0 aliphatic rings. The predicted molar refractivity (Wildman–Crippen MR) is 113 cm³/mol. The van der Waals surface area contributed by atoms with Gasteiger partial charge in [0.25, 0.3) is 5.91 Å². The minimum Gasteiger partial charge on any atom is -0.359 e. The number of rotatable bonds is 7. The SMILES string of the molecule is Cc1cc(N(CCC#N)C(=O)c2ccc(N[C@@H](C)c3ncnn3C)nn2)ccc1Cl. The molecule has 1 atom stereocenters. The Bertz CT molecular complexity index is 1070. The summed E-state index contributed by atoms with van der Waals surface area (Å²) >= 11 is 6.10. The summed E-state index contributed by atoms with van der Waals surface area (Å²) in [5, 5.41) is 25.0. The second kappa shape index (κ2) is 9.33. The summed E-state index contributed by atoms with van der Waals surface area (Å²) in [6.45, 7) is 4.02. The second-order valence-corrected chi connectivity index (χ2v) is 7.12. The average Bonchev–Trinajstić information content (AvgIpc) is 3.17. The van der Waals surface area contributed by atoms with Crippen LogP contribution >= 0.6 is 11.6 Å². The third-order valence-corrected chi connectivity index (χ3v) is 4.95. The number of nitriles is 1. The van der Waals surface area contributed by atoms with Crippen molar-refractivity contribution < 1.29 is 4.79 Å². The summed E-state index contributed by atoms with van der Waals surface area (Å²) < 4.78 is 1.67. The number of carbonyl (C=O) groups is 1. The van der Waals surface area contributed by atoms with Crippen molar-refractivity contribution in [2.45, 2.75) is 26.3 Å². The zero-order valence-corrected chi connectivity index (χ0v) is 17.6. The van der Waals surface area contributed by atoms with Gasteiger partial charge in [-0.1, -0.05) is 11.6 Å². The molecule has 10 heteroatoms. The number of halogens is 1. The maximum atomic E-state index is 13.1. The summed E-state index contributed by atoms with van der Waals surface area (Å²) in [5.74, 6) is 0.915. The van der Waals surface area contributed by atoms with Gasteiger partial charge < -0.3 is 10.2 Å². The van der Waals surface area contributed by atoms with Crippen LogP contribution in [0.5, 0.6) is 0 Å². The second-order valence-electron chi connectivity index (χ2n) is 6.71. The Hall–Kier alpha value is -3.51. The zero-order valence-electron chi connectivity index (χ0n) is 16.9. The van der Waals surface area contributed by atoms with Gasteiger partial charge in [0.05, 0.1) is 18.5 Å². The standard InChI is InChI=1S/C20H21ClN8O/c1-13-11-15(5-6-16(13)21)29(10-4-9-22)20(30)17-7-8-18(27-26-17)25-14(2)19-23-12-24-28(19)3/h5-8,11-12,14H,4,10H2,1-3H3,(H,25,27)/t14-/m0/s1. The third-order valence-electron chi connectivity index (χ3n) is 4.53. The molecule has 0 radical (unpaired) electrons. The molecule has 2 heterocycles. The molecular weight excluding hydrogens is 404 g/mol. The van der Waals surface area contributed by atoms with Crippen molar-refractivity contribution in [2.75, 3.05) is 16.8 Å². The van der Waals surface area contributed by atoms with Gasteiger partial charge in [0.2, 0.25) is 0 Å². The van der Waals surface area contributed by atoms with Gasteiger partial charge in [0.1, 0.15) is 18.0 Å². The van der Waals surface area contributed by atoms with E-state index < -0.39 is 0 Å². The number of hydrogen-bond acceptors (Lipinski definition) is 7. The van der Waals surface area contributed by atoms with Crippen molar-refractivity contribution in [2.24, 2.45) is 7.05 Å². The van der Waals surface area contributed by atoms with Crippen LogP contribution in [0.4, 0.5) is 11.5 Å². The summed E-state index contributed by atoms with van der Waals surface area (Å²) in [6, 6.07) is 10.5. The Morgan fingerprint density at radius 1 is 1.33 bits per heavy atom. The van der Waals surface area contributed by atoms with E-state index in [4.69, 9.17) is 16.9 Å². The quantitative estimate of drug-likeness (QED) is 0.619. The zero-order chi connectivity index (χ0) is 21.7. The van der Waals surface area contributed by atoms with Crippen molar-refractivity contribution in [1.29, 1.82) is 5.26 Å². The van der Waals surface area contributed by atoms with Gasteiger partial charge in [0, 0.05) is 24.3 Å². The number of carbonyl (C=O) groups excluding carboxylic acids is 1. The molecule has 0 unspecified atom stereocenters. The highest BCUT2D eigenvalue weighted by Crippen LogP contribution is 2.24. The fourth-order valence-corrected chi connectivity index (χ4v) is 3.07. The number of benzene rings is 1. The van der Waals surface area contributed by atoms with Crippen LogP contribution in [-0.4, -0.2) is 37.4 Å². The number of nitrogens with one attached hydrogen (secondary N) is 1. The number of aromatic nitrogens is 5. The molecule has 0 aliphatic heterocycles. The maximum Gasteiger partial charge on any atom is 0.278 e. The number of amides is 1. The Labute approximate surface area is 179 Å². The van der Waals surface area contributed by atoms with E-state index in [0.29, 0.717) is 16.5 Å². The largest absolute Gasteiger partial charge is 0.359 e. The minimum absolute atomic E-state index is 0.141. The smallest absolute Gasteiger partial charge is 0.278 e. The number of nitrogens with zero attached hydrogens (tertiary/aromatic N) is 7. The Kier molecular flexibility index (Phi) is 6.59. The Morgan fingerprint density at radius 3 is 2.73 bits per heavy atom. The van der Waals surface area contributed by atoms with Crippen LogP contribution in [0.1, 0.15) is 41.3 Å². The molecule has 1 amide bonds. The fourth-order valence-electron chi connectivity index (χ4n) is 2.95. The molecule has 3 aromatic rings. The van der Waals surface area contributed by atoms with Crippen LogP contribution in [-0.2, 0) is 7.05 Å². The van der Waals surface area contributed by atoms with E-state index in [1.807, 2.05) is 27.0 Å². The van der Waals surface area contributed by atoms with Crippen LogP contribution in [0.25, 0.3) is 0 Å². The average molecular weight is 425 g/mol. The van der Waals surface area contributed by atoms with Crippen molar-refractivity contribution in [1.82, 2.24) is 25.0 Å². The fraction of sp³-hybridized carbons (Fsp3) is 0.300. The summed E-state index contributed by atoms with van der Waals surface area (Å²) in [7, 11) is 1.81. The van der Waals surface area contributed by atoms with Crippen molar-refractivity contribution in [3.05, 3.63) is 58.8 Å². The lowest BCUT2D eigenvalue weighted by Crippen LogP contribution is -2.32. The van der Waals surface area contributed by atoms with Crippen LogP contribution in [0, 0.1) is 18.3 Å². The monoisotopic (exact) mass is 424 g/mol. The van der Waals surface area contributed by atoms with Crippen LogP contribution < -0.4 is 10.2 Å². The van der Waals surface area contributed by atoms with Gasteiger partial charge >= 0.3 is 0 Å². The minimum atomic E-state index is -0.340. The highest BCUT2D eigenvalue weighted by Gasteiger charge is 2.20. The number of aryl methyl sites for hydroxylation is 2. The lowest BCUT2D eigenvalue weighted by molar-refractivity contribution is 0.0982. The lowest BCUT2D eigenvalue weighted by atomic mass is 10.2.